The molecule has 0 saturated carbocycles. The number of carbonyl (C=O) groups excluding carboxylic acids is 2. The number of carbonyl (C=O) groups is 2. The lowest BCUT2D eigenvalue weighted by Gasteiger charge is -2.56. The van der Waals surface area contributed by atoms with Crippen LogP contribution < -0.4 is 9.47 Å². The SMILES string of the molecule is CC(=O)Oc1cc(C)c2c3c1O[C@H]1[C@@H](OC(C)=O)C=CC4[C@@H](C2)N(C)CC[C@@]341. The van der Waals surface area contributed by atoms with Gasteiger partial charge in [-0.15, -0.1) is 0 Å². The minimum atomic E-state index is -0.443. The molecule has 1 aromatic carbocycles. The van der Waals surface area contributed by atoms with Gasteiger partial charge in [0.05, 0.1) is 0 Å². The zero-order chi connectivity index (χ0) is 19.8. The number of esters is 2. The van der Waals surface area contributed by atoms with E-state index in [9.17, 15) is 9.59 Å². The average Bonchev–Trinajstić information content (AvgIpc) is 2.96. The van der Waals surface area contributed by atoms with Gasteiger partial charge in [0.2, 0.25) is 0 Å². The molecule has 6 nitrogen and oxygen atoms in total. The topological polar surface area (TPSA) is 65.1 Å². The predicted octanol–water partition coefficient (Wildman–Crippen LogP) is 2.30. The molecule has 0 N–H and O–H groups in total. The van der Waals surface area contributed by atoms with Gasteiger partial charge in [0.1, 0.15) is 6.10 Å². The maximum absolute atomic E-state index is 11.7. The molecule has 1 spiro atoms. The minimum absolute atomic E-state index is 0.254. The maximum atomic E-state index is 11.7. The summed E-state index contributed by atoms with van der Waals surface area (Å²) in [6.45, 7) is 5.86. The number of ether oxygens (including phenoxy) is 3. The standard InChI is InChI=1S/C22H25NO5/c1-11-9-18(27-13(3)25)20-19-14(11)10-16-15-5-6-17(26-12(2)24)21(28-20)22(15,19)7-8-23(16)4/h5-6,9,15-17,21H,7-8,10H2,1-4H3/t15?,16-,17+,21+,22+/m1/s1. The molecule has 1 saturated heterocycles. The van der Waals surface area contributed by atoms with Crippen LogP contribution >= 0.6 is 0 Å². The highest BCUT2D eigenvalue weighted by atomic mass is 16.6. The van der Waals surface area contributed by atoms with Gasteiger partial charge in [0.25, 0.3) is 0 Å². The molecule has 1 fully saturated rings. The maximum Gasteiger partial charge on any atom is 0.308 e. The van der Waals surface area contributed by atoms with E-state index >= 15 is 0 Å². The lowest BCUT2D eigenvalue weighted by atomic mass is 9.53. The summed E-state index contributed by atoms with van der Waals surface area (Å²) in [5, 5.41) is 0. The van der Waals surface area contributed by atoms with Crippen LogP contribution in [0.1, 0.15) is 37.0 Å². The van der Waals surface area contributed by atoms with Crippen LogP contribution in [0.3, 0.4) is 0 Å². The Morgan fingerprint density at radius 3 is 2.75 bits per heavy atom. The number of likely N-dealkylation sites (N-methyl/N-ethyl adjacent to an activating group) is 1. The number of nitrogens with zero attached hydrogens (tertiary/aromatic N) is 1. The number of aryl methyl sites for hydroxylation is 1. The molecule has 0 radical (unpaired) electrons. The first kappa shape index (κ1) is 17.7. The molecule has 2 heterocycles. The third kappa shape index (κ3) is 2.18. The van der Waals surface area contributed by atoms with Crippen molar-refractivity contribution in [3.8, 4) is 11.5 Å². The lowest BCUT2D eigenvalue weighted by Crippen LogP contribution is -2.65. The Morgan fingerprint density at radius 2 is 2.04 bits per heavy atom. The van der Waals surface area contributed by atoms with Crippen molar-refractivity contribution in [2.24, 2.45) is 5.92 Å². The zero-order valence-electron chi connectivity index (χ0n) is 16.7. The summed E-state index contributed by atoms with van der Waals surface area (Å²) >= 11 is 0. The molecular weight excluding hydrogens is 358 g/mol. The smallest absolute Gasteiger partial charge is 0.308 e. The van der Waals surface area contributed by atoms with Gasteiger partial charge in [-0.3, -0.25) is 9.59 Å². The summed E-state index contributed by atoms with van der Waals surface area (Å²) in [4.78, 5) is 25.9. The Labute approximate surface area is 164 Å². The van der Waals surface area contributed by atoms with E-state index in [1.54, 1.807) is 0 Å². The normalized spacial score (nSPS) is 34.4. The molecule has 4 aliphatic rings. The van der Waals surface area contributed by atoms with Crippen LogP contribution in [0.15, 0.2) is 18.2 Å². The van der Waals surface area contributed by atoms with Gasteiger partial charge < -0.3 is 19.1 Å². The van der Waals surface area contributed by atoms with Gasteiger partial charge in [-0.2, -0.15) is 0 Å². The first-order chi connectivity index (χ1) is 13.3. The second-order valence-corrected chi connectivity index (χ2v) is 8.53. The number of hydrogen-bond acceptors (Lipinski definition) is 6. The van der Waals surface area contributed by atoms with Gasteiger partial charge in [0.15, 0.2) is 17.6 Å². The van der Waals surface area contributed by atoms with E-state index in [0.717, 1.165) is 24.9 Å². The van der Waals surface area contributed by atoms with E-state index in [0.29, 0.717) is 17.5 Å². The molecule has 28 heavy (non-hydrogen) atoms. The lowest BCUT2D eigenvalue weighted by molar-refractivity contribution is -0.152. The Hall–Kier alpha value is -2.34. The highest BCUT2D eigenvalue weighted by molar-refractivity contribution is 5.73. The van der Waals surface area contributed by atoms with Gasteiger partial charge in [-0.05, 0) is 56.6 Å². The molecule has 1 unspecified atom stereocenters. The van der Waals surface area contributed by atoms with Crippen molar-refractivity contribution in [3.63, 3.8) is 0 Å². The minimum Gasteiger partial charge on any atom is -0.481 e. The molecule has 6 heteroatoms. The van der Waals surface area contributed by atoms with Crippen molar-refractivity contribution in [1.82, 2.24) is 4.90 Å². The van der Waals surface area contributed by atoms with E-state index < -0.39 is 6.10 Å². The van der Waals surface area contributed by atoms with Crippen molar-refractivity contribution < 1.29 is 23.8 Å². The third-order valence-corrected chi connectivity index (χ3v) is 7.02. The quantitative estimate of drug-likeness (QED) is 0.444. The summed E-state index contributed by atoms with van der Waals surface area (Å²) in [6.07, 6.45) is 5.32. The highest BCUT2D eigenvalue weighted by Gasteiger charge is 2.65. The zero-order valence-corrected chi connectivity index (χ0v) is 16.7. The van der Waals surface area contributed by atoms with Crippen LogP contribution in [-0.4, -0.2) is 48.7 Å². The molecule has 2 bridgehead atoms. The Kier molecular flexibility index (Phi) is 3.69. The Morgan fingerprint density at radius 1 is 1.25 bits per heavy atom. The summed E-state index contributed by atoms with van der Waals surface area (Å²) in [5.74, 6) is 0.736. The number of likely N-dealkylation sites (tertiary alicyclic amines) is 1. The van der Waals surface area contributed by atoms with Crippen molar-refractivity contribution in [1.29, 1.82) is 0 Å². The number of benzene rings is 1. The highest BCUT2D eigenvalue weighted by Crippen LogP contribution is 2.63. The fourth-order valence-corrected chi connectivity index (χ4v) is 5.99. The largest absolute Gasteiger partial charge is 0.481 e. The van der Waals surface area contributed by atoms with E-state index in [2.05, 4.69) is 24.9 Å². The molecule has 5 atom stereocenters. The van der Waals surface area contributed by atoms with E-state index in [1.807, 2.05) is 12.1 Å². The van der Waals surface area contributed by atoms with E-state index in [1.165, 1.54) is 25.0 Å². The fraction of sp³-hybridized carbons (Fsp3) is 0.545. The number of rotatable bonds is 2. The van der Waals surface area contributed by atoms with Crippen LogP contribution in [0.2, 0.25) is 0 Å². The second kappa shape index (κ2) is 5.83. The monoisotopic (exact) mass is 383 g/mol. The first-order valence-electron chi connectivity index (χ1n) is 9.90. The molecule has 1 aromatic rings. The Balaban J connectivity index is 1.75. The molecule has 148 valence electrons. The van der Waals surface area contributed by atoms with Crippen molar-refractivity contribution in [2.45, 2.75) is 57.3 Å². The van der Waals surface area contributed by atoms with E-state index in [4.69, 9.17) is 14.2 Å². The third-order valence-electron chi connectivity index (χ3n) is 7.02. The van der Waals surface area contributed by atoms with Crippen LogP contribution in [0, 0.1) is 12.8 Å². The van der Waals surface area contributed by atoms with Crippen LogP contribution in [-0.2, 0) is 26.2 Å². The molecule has 0 aromatic heterocycles. The summed E-state index contributed by atoms with van der Waals surface area (Å²) in [6, 6.07) is 2.29. The van der Waals surface area contributed by atoms with Crippen molar-refractivity contribution >= 4 is 11.9 Å². The second-order valence-electron chi connectivity index (χ2n) is 8.53. The van der Waals surface area contributed by atoms with Crippen molar-refractivity contribution in [2.75, 3.05) is 13.6 Å². The molecule has 5 rings (SSSR count). The molecule has 2 aliphatic carbocycles. The van der Waals surface area contributed by atoms with Crippen LogP contribution in [0.5, 0.6) is 11.5 Å². The molecule has 2 aliphatic heterocycles. The van der Waals surface area contributed by atoms with Gasteiger partial charge in [-0.25, -0.2) is 0 Å². The first-order valence-corrected chi connectivity index (χ1v) is 9.90. The summed E-state index contributed by atoms with van der Waals surface area (Å²) < 4.78 is 17.7. The van der Waals surface area contributed by atoms with Crippen LogP contribution in [0.25, 0.3) is 0 Å². The fourth-order valence-electron chi connectivity index (χ4n) is 5.99. The summed E-state index contributed by atoms with van der Waals surface area (Å²) in [5.41, 5.74) is 3.33. The molecule has 0 amide bonds. The van der Waals surface area contributed by atoms with E-state index in [-0.39, 0.29) is 29.4 Å². The Bertz CT molecular complexity index is 922. The molecular formula is C22H25NO5. The predicted molar refractivity (Wildman–Crippen MR) is 102 cm³/mol. The summed E-state index contributed by atoms with van der Waals surface area (Å²) in [7, 11) is 2.18. The van der Waals surface area contributed by atoms with Gasteiger partial charge in [-0.1, -0.05) is 6.08 Å². The van der Waals surface area contributed by atoms with Gasteiger partial charge >= 0.3 is 11.9 Å². The average molecular weight is 383 g/mol. The van der Waals surface area contributed by atoms with Crippen molar-refractivity contribution in [3.05, 3.63) is 34.9 Å². The van der Waals surface area contributed by atoms with Gasteiger partial charge in [0, 0.05) is 36.8 Å². The van der Waals surface area contributed by atoms with Crippen LogP contribution in [0.4, 0.5) is 0 Å². The number of piperidine rings is 1. The number of hydrogen-bond donors (Lipinski definition) is 0.